The Bertz CT molecular complexity index is 551. The third-order valence-electron chi connectivity index (χ3n) is 2.80. The summed E-state index contributed by atoms with van der Waals surface area (Å²) in [6, 6.07) is 16.8. The average Bonchev–Trinajstić information content (AvgIpc) is 2.49. The summed E-state index contributed by atoms with van der Waals surface area (Å²) < 4.78 is 0.382. The van der Waals surface area contributed by atoms with Crippen molar-refractivity contribution < 1.29 is 0 Å². The summed E-state index contributed by atoms with van der Waals surface area (Å²) in [7, 11) is 0. The van der Waals surface area contributed by atoms with Gasteiger partial charge in [0.1, 0.15) is 0 Å². The van der Waals surface area contributed by atoms with E-state index < -0.39 is 0 Å². The monoisotopic (exact) mass is 316 g/mol. The van der Waals surface area contributed by atoms with E-state index in [2.05, 4.69) is 70.8 Å². The first-order valence-corrected chi connectivity index (χ1v) is 6.45. The Morgan fingerprint density at radius 2 is 1.19 bits per heavy atom. The molecule has 0 fully saturated rings. The highest BCUT2D eigenvalue weighted by atomic mass is 127. The summed E-state index contributed by atoms with van der Waals surface area (Å²) in [6.45, 7) is 0. The van der Waals surface area contributed by atoms with Crippen molar-refractivity contribution in [2.45, 2.75) is 3.92 Å². The van der Waals surface area contributed by atoms with E-state index in [4.69, 9.17) is 0 Å². The van der Waals surface area contributed by atoms with Crippen LogP contribution in [0.1, 0.15) is 26.2 Å². The minimum Gasteiger partial charge on any atom is -0.0721 e. The predicted molar refractivity (Wildman–Crippen MR) is 74.7 cm³/mol. The Hall–Kier alpha value is -1.27. The lowest BCUT2D eigenvalue weighted by Crippen LogP contribution is -1.96. The third kappa shape index (κ3) is 1.54. The third-order valence-corrected chi connectivity index (χ3v) is 4.14. The molecule has 0 aliphatic heterocycles. The summed E-state index contributed by atoms with van der Waals surface area (Å²) in [5.74, 6) is 6.51. The van der Waals surface area contributed by atoms with Gasteiger partial charge < -0.3 is 0 Å². The Kier molecular flexibility index (Phi) is 2.45. The molecular formula is C15H9I. The van der Waals surface area contributed by atoms with Gasteiger partial charge in [-0.05, 0) is 23.3 Å². The fourth-order valence-corrected chi connectivity index (χ4v) is 3.05. The smallest absolute Gasteiger partial charge is 0.0633 e. The zero-order valence-corrected chi connectivity index (χ0v) is 10.7. The van der Waals surface area contributed by atoms with Crippen LogP contribution >= 0.6 is 22.6 Å². The molecule has 0 radical (unpaired) electrons. The van der Waals surface area contributed by atoms with Crippen LogP contribution in [0.25, 0.3) is 0 Å². The van der Waals surface area contributed by atoms with Crippen molar-refractivity contribution in [3.63, 3.8) is 0 Å². The SMILES string of the molecule is IC1c2ccccc2C#Cc2ccccc21. The average molecular weight is 316 g/mol. The maximum Gasteiger partial charge on any atom is 0.0633 e. The maximum absolute atomic E-state index is 3.26. The largest absolute Gasteiger partial charge is 0.0721 e. The molecule has 3 rings (SSSR count). The predicted octanol–water partition coefficient (Wildman–Crippen LogP) is 3.92. The number of rotatable bonds is 0. The van der Waals surface area contributed by atoms with Crippen molar-refractivity contribution >= 4 is 22.6 Å². The van der Waals surface area contributed by atoms with Gasteiger partial charge in [0.25, 0.3) is 0 Å². The van der Waals surface area contributed by atoms with Crippen LogP contribution in [0.4, 0.5) is 0 Å². The Morgan fingerprint density at radius 1 is 0.750 bits per heavy atom. The number of hydrogen-bond acceptors (Lipinski definition) is 0. The van der Waals surface area contributed by atoms with Crippen LogP contribution < -0.4 is 0 Å². The highest BCUT2D eigenvalue weighted by Gasteiger charge is 2.17. The van der Waals surface area contributed by atoms with E-state index >= 15 is 0 Å². The molecular weight excluding hydrogens is 307 g/mol. The van der Waals surface area contributed by atoms with Crippen molar-refractivity contribution in [3.05, 3.63) is 70.8 Å². The molecule has 2 aromatic rings. The van der Waals surface area contributed by atoms with Gasteiger partial charge in [-0.15, -0.1) is 0 Å². The Balaban J connectivity index is 2.29. The fourth-order valence-electron chi connectivity index (χ4n) is 1.97. The minimum atomic E-state index is 0.382. The van der Waals surface area contributed by atoms with Crippen molar-refractivity contribution in [1.82, 2.24) is 0 Å². The van der Waals surface area contributed by atoms with E-state index in [1.165, 1.54) is 11.1 Å². The molecule has 0 atom stereocenters. The first-order valence-electron chi connectivity index (χ1n) is 5.20. The van der Waals surface area contributed by atoms with Crippen LogP contribution in [0.2, 0.25) is 0 Å². The van der Waals surface area contributed by atoms with Gasteiger partial charge in [-0.2, -0.15) is 0 Å². The first kappa shape index (κ1) is 9.92. The van der Waals surface area contributed by atoms with Crippen LogP contribution in [-0.4, -0.2) is 0 Å². The molecule has 0 heterocycles. The van der Waals surface area contributed by atoms with Gasteiger partial charge in [0, 0.05) is 11.1 Å². The van der Waals surface area contributed by atoms with E-state index in [-0.39, 0.29) is 0 Å². The highest BCUT2D eigenvalue weighted by Crippen LogP contribution is 2.36. The molecule has 1 heteroatoms. The molecule has 0 spiro atoms. The van der Waals surface area contributed by atoms with Crippen molar-refractivity contribution in [2.75, 3.05) is 0 Å². The zero-order valence-electron chi connectivity index (χ0n) is 8.57. The summed E-state index contributed by atoms with van der Waals surface area (Å²) in [5.41, 5.74) is 4.94. The molecule has 0 N–H and O–H groups in total. The Labute approximate surface area is 109 Å². The van der Waals surface area contributed by atoms with E-state index in [1.54, 1.807) is 0 Å². The van der Waals surface area contributed by atoms with E-state index in [0.717, 1.165) is 11.1 Å². The molecule has 0 unspecified atom stereocenters. The second-order valence-electron chi connectivity index (χ2n) is 3.79. The van der Waals surface area contributed by atoms with Gasteiger partial charge in [0.15, 0.2) is 0 Å². The highest BCUT2D eigenvalue weighted by molar-refractivity contribution is 14.1. The molecule has 0 saturated heterocycles. The second kappa shape index (κ2) is 3.95. The van der Waals surface area contributed by atoms with Gasteiger partial charge in [-0.3, -0.25) is 0 Å². The lowest BCUT2D eigenvalue weighted by atomic mass is 10.00. The van der Waals surface area contributed by atoms with Crippen LogP contribution in [0.5, 0.6) is 0 Å². The van der Waals surface area contributed by atoms with Gasteiger partial charge in [0.05, 0.1) is 3.92 Å². The lowest BCUT2D eigenvalue weighted by Gasteiger charge is -2.12. The number of hydrogen-bond donors (Lipinski definition) is 0. The number of alkyl halides is 1. The molecule has 76 valence electrons. The summed E-state index contributed by atoms with van der Waals surface area (Å²) in [4.78, 5) is 0. The summed E-state index contributed by atoms with van der Waals surface area (Å²) in [6.07, 6.45) is 0. The quantitative estimate of drug-likeness (QED) is 0.392. The van der Waals surface area contributed by atoms with Crippen LogP contribution in [0.3, 0.4) is 0 Å². The molecule has 0 nitrogen and oxygen atoms in total. The van der Waals surface area contributed by atoms with Gasteiger partial charge in [-0.25, -0.2) is 0 Å². The second-order valence-corrected chi connectivity index (χ2v) is 5.03. The molecule has 0 amide bonds. The van der Waals surface area contributed by atoms with Crippen LogP contribution in [0, 0.1) is 11.8 Å². The molecule has 0 saturated carbocycles. The van der Waals surface area contributed by atoms with E-state index in [0.29, 0.717) is 3.92 Å². The summed E-state index contributed by atoms with van der Waals surface area (Å²) >= 11 is 2.48. The van der Waals surface area contributed by atoms with Gasteiger partial charge in [-0.1, -0.05) is 70.8 Å². The molecule has 1 aliphatic carbocycles. The first-order chi connectivity index (χ1) is 7.86. The van der Waals surface area contributed by atoms with E-state index in [9.17, 15) is 0 Å². The van der Waals surface area contributed by atoms with Crippen molar-refractivity contribution in [1.29, 1.82) is 0 Å². The molecule has 2 aromatic carbocycles. The maximum atomic E-state index is 3.26. The molecule has 16 heavy (non-hydrogen) atoms. The Morgan fingerprint density at radius 3 is 1.69 bits per heavy atom. The van der Waals surface area contributed by atoms with E-state index in [1.807, 2.05) is 12.1 Å². The minimum absolute atomic E-state index is 0.382. The lowest BCUT2D eigenvalue weighted by molar-refractivity contribution is 1.19. The van der Waals surface area contributed by atoms with Gasteiger partial charge in [0.2, 0.25) is 0 Å². The number of benzene rings is 2. The van der Waals surface area contributed by atoms with Crippen LogP contribution in [-0.2, 0) is 0 Å². The molecule has 0 aromatic heterocycles. The zero-order chi connectivity index (χ0) is 11.0. The number of fused-ring (bicyclic) bond motifs is 2. The van der Waals surface area contributed by atoms with Crippen LogP contribution in [0.15, 0.2) is 48.5 Å². The molecule has 0 bridgehead atoms. The molecule has 1 aliphatic rings. The topological polar surface area (TPSA) is 0 Å². The standard InChI is InChI=1S/C15H9I/c16-15-13-7-3-1-5-11(13)9-10-12-6-2-4-8-14(12)15/h1-8,15H. The van der Waals surface area contributed by atoms with Gasteiger partial charge >= 0.3 is 0 Å². The number of halogens is 1. The normalized spacial score (nSPS) is 13.1. The summed E-state index contributed by atoms with van der Waals surface area (Å²) in [5, 5.41) is 0. The fraction of sp³-hybridized carbons (Fsp3) is 0.0667. The van der Waals surface area contributed by atoms with Crippen molar-refractivity contribution in [3.8, 4) is 11.8 Å². The van der Waals surface area contributed by atoms with Crippen molar-refractivity contribution in [2.24, 2.45) is 0 Å².